The van der Waals surface area contributed by atoms with Crippen LogP contribution in [0.15, 0.2) is 58.6 Å². The first kappa shape index (κ1) is 15.7. The SMILES string of the molecule is CC(c1ccc(S(C)(=O)=O)cc1)S(=O)(=O)c1ccccn1. The fourth-order valence-electron chi connectivity index (χ4n) is 1.86. The van der Waals surface area contributed by atoms with Crippen LogP contribution in [-0.2, 0) is 19.7 Å². The zero-order chi connectivity index (χ0) is 15.7. The van der Waals surface area contributed by atoms with Crippen molar-refractivity contribution in [1.29, 1.82) is 0 Å². The maximum atomic E-state index is 12.4. The Hall–Kier alpha value is -1.73. The number of hydrogen-bond donors (Lipinski definition) is 0. The first-order valence-electron chi connectivity index (χ1n) is 6.18. The summed E-state index contributed by atoms with van der Waals surface area (Å²) >= 11 is 0. The van der Waals surface area contributed by atoms with Crippen LogP contribution in [0.25, 0.3) is 0 Å². The van der Waals surface area contributed by atoms with E-state index in [-0.39, 0.29) is 9.92 Å². The molecule has 1 aromatic heterocycles. The highest BCUT2D eigenvalue weighted by Gasteiger charge is 2.26. The summed E-state index contributed by atoms with van der Waals surface area (Å²) in [5, 5.41) is -0.800. The topological polar surface area (TPSA) is 81.2 Å². The third-order valence-corrected chi connectivity index (χ3v) is 6.33. The summed E-state index contributed by atoms with van der Waals surface area (Å²) in [5.74, 6) is 0. The van der Waals surface area contributed by atoms with Gasteiger partial charge in [0.2, 0.25) is 9.84 Å². The summed E-state index contributed by atoms with van der Waals surface area (Å²) in [4.78, 5) is 4.03. The minimum Gasteiger partial charge on any atom is -0.245 e. The predicted molar refractivity (Wildman–Crippen MR) is 79.4 cm³/mol. The highest BCUT2D eigenvalue weighted by molar-refractivity contribution is 7.91. The molecule has 0 saturated carbocycles. The van der Waals surface area contributed by atoms with Crippen LogP contribution in [-0.4, -0.2) is 28.1 Å². The highest BCUT2D eigenvalue weighted by Crippen LogP contribution is 2.27. The van der Waals surface area contributed by atoms with E-state index in [1.54, 1.807) is 19.1 Å². The van der Waals surface area contributed by atoms with Crippen LogP contribution in [0.3, 0.4) is 0 Å². The Morgan fingerprint density at radius 1 is 0.952 bits per heavy atom. The van der Waals surface area contributed by atoms with E-state index < -0.39 is 24.9 Å². The molecular formula is C14H15NO4S2. The maximum Gasteiger partial charge on any atom is 0.202 e. The molecule has 2 aromatic rings. The van der Waals surface area contributed by atoms with Crippen LogP contribution in [0, 0.1) is 0 Å². The van der Waals surface area contributed by atoms with Crippen molar-refractivity contribution in [3.05, 3.63) is 54.2 Å². The first-order valence-corrected chi connectivity index (χ1v) is 9.61. The van der Waals surface area contributed by atoms with Crippen molar-refractivity contribution >= 4 is 19.7 Å². The van der Waals surface area contributed by atoms with E-state index in [4.69, 9.17) is 0 Å². The fourth-order valence-corrected chi connectivity index (χ4v) is 3.85. The molecule has 21 heavy (non-hydrogen) atoms. The maximum absolute atomic E-state index is 12.4. The first-order chi connectivity index (χ1) is 9.73. The molecule has 0 saturated heterocycles. The van der Waals surface area contributed by atoms with Crippen molar-refractivity contribution in [2.75, 3.05) is 6.26 Å². The normalized spacial score (nSPS) is 13.8. The van der Waals surface area contributed by atoms with Gasteiger partial charge in [0, 0.05) is 12.5 Å². The quantitative estimate of drug-likeness (QED) is 0.859. The molecule has 0 spiro atoms. The van der Waals surface area contributed by atoms with E-state index in [0.717, 1.165) is 6.26 Å². The molecule has 0 radical (unpaired) electrons. The van der Waals surface area contributed by atoms with Gasteiger partial charge in [0.15, 0.2) is 14.9 Å². The van der Waals surface area contributed by atoms with Crippen LogP contribution in [0.2, 0.25) is 0 Å². The Labute approximate surface area is 124 Å². The molecular weight excluding hydrogens is 310 g/mol. The molecule has 2 rings (SSSR count). The molecule has 5 nitrogen and oxygen atoms in total. The molecule has 1 atom stereocenters. The fraction of sp³-hybridized carbons (Fsp3) is 0.214. The molecule has 0 N–H and O–H groups in total. The van der Waals surface area contributed by atoms with Crippen molar-refractivity contribution in [3.8, 4) is 0 Å². The van der Waals surface area contributed by atoms with Gasteiger partial charge in [0.1, 0.15) is 0 Å². The summed E-state index contributed by atoms with van der Waals surface area (Å²) in [7, 11) is -6.90. The van der Waals surface area contributed by atoms with Gasteiger partial charge < -0.3 is 0 Å². The van der Waals surface area contributed by atoms with E-state index >= 15 is 0 Å². The van der Waals surface area contributed by atoms with Crippen LogP contribution in [0.4, 0.5) is 0 Å². The van der Waals surface area contributed by atoms with Crippen LogP contribution < -0.4 is 0 Å². The second-order valence-electron chi connectivity index (χ2n) is 4.70. The minimum absolute atomic E-state index is 0.00434. The third kappa shape index (κ3) is 3.30. The molecule has 7 heteroatoms. The number of rotatable bonds is 4. The van der Waals surface area contributed by atoms with E-state index in [0.29, 0.717) is 5.56 Å². The van der Waals surface area contributed by atoms with Gasteiger partial charge in [-0.05, 0) is 36.8 Å². The van der Waals surface area contributed by atoms with Gasteiger partial charge in [-0.25, -0.2) is 21.8 Å². The van der Waals surface area contributed by atoms with E-state index in [9.17, 15) is 16.8 Å². The number of aromatic nitrogens is 1. The molecule has 0 aliphatic rings. The smallest absolute Gasteiger partial charge is 0.202 e. The third-order valence-electron chi connectivity index (χ3n) is 3.17. The number of hydrogen-bond acceptors (Lipinski definition) is 5. The Kier molecular flexibility index (Phi) is 4.15. The van der Waals surface area contributed by atoms with Gasteiger partial charge in [0.25, 0.3) is 0 Å². The Morgan fingerprint density at radius 2 is 1.57 bits per heavy atom. The number of nitrogens with zero attached hydrogens (tertiary/aromatic N) is 1. The van der Waals surface area contributed by atoms with E-state index in [2.05, 4.69) is 4.98 Å². The number of benzene rings is 1. The van der Waals surface area contributed by atoms with Gasteiger partial charge in [-0.1, -0.05) is 18.2 Å². The second kappa shape index (κ2) is 5.57. The van der Waals surface area contributed by atoms with Gasteiger partial charge in [-0.2, -0.15) is 0 Å². The monoisotopic (exact) mass is 325 g/mol. The molecule has 1 heterocycles. The zero-order valence-electron chi connectivity index (χ0n) is 11.6. The Morgan fingerprint density at radius 3 is 2.05 bits per heavy atom. The van der Waals surface area contributed by atoms with E-state index in [1.807, 2.05) is 0 Å². The second-order valence-corrected chi connectivity index (χ2v) is 8.93. The predicted octanol–water partition coefficient (Wildman–Crippen LogP) is 2.02. The molecule has 0 aliphatic heterocycles. The van der Waals surface area contributed by atoms with Gasteiger partial charge in [0.05, 0.1) is 10.1 Å². The average molecular weight is 325 g/mol. The average Bonchev–Trinajstić information content (AvgIpc) is 2.46. The molecule has 0 bridgehead atoms. The van der Waals surface area contributed by atoms with Gasteiger partial charge in [-0.15, -0.1) is 0 Å². The lowest BCUT2D eigenvalue weighted by Gasteiger charge is -2.13. The van der Waals surface area contributed by atoms with Gasteiger partial charge >= 0.3 is 0 Å². The lowest BCUT2D eigenvalue weighted by Crippen LogP contribution is -2.12. The molecule has 0 aliphatic carbocycles. The van der Waals surface area contributed by atoms with Crippen molar-refractivity contribution in [3.63, 3.8) is 0 Å². The molecule has 1 aromatic carbocycles. The zero-order valence-corrected chi connectivity index (χ0v) is 13.2. The van der Waals surface area contributed by atoms with Crippen molar-refractivity contribution < 1.29 is 16.8 Å². The number of pyridine rings is 1. The molecule has 0 amide bonds. The van der Waals surface area contributed by atoms with Crippen LogP contribution in [0.1, 0.15) is 17.7 Å². The minimum atomic E-state index is -3.60. The Bertz CT molecular complexity index is 826. The molecule has 0 fully saturated rings. The summed E-state index contributed by atoms with van der Waals surface area (Å²) in [6, 6.07) is 10.5. The Balaban J connectivity index is 2.39. The lowest BCUT2D eigenvalue weighted by molar-refractivity contribution is 0.582. The van der Waals surface area contributed by atoms with Crippen molar-refractivity contribution in [1.82, 2.24) is 4.98 Å². The highest BCUT2D eigenvalue weighted by atomic mass is 32.2. The van der Waals surface area contributed by atoms with E-state index in [1.165, 1.54) is 36.5 Å². The van der Waals surface area contributed by atoms with Crippen molar-refractivity contribution in [2.45, 2.75) is 22.1 Å². The summed E-state index contributed by atoms with van der Waals surface area (Å²) in [6.45, 7) is 1.56. The van der Waals surface area contributed by atoms with Crippen LogP contribution >= 0.6 is 0 Å². The standard InChI is InChI=1S/C14H15NO4S2/c1-11(21(18,19)14-5-3-4-10-15-14)12-6-8-13(9-7-12)20(2,16)17/h3-11H,1-2H3. The van der Waals surface area contributed by atoms with Crippen molar-refractivity contribution in [2.24, 2.45) is 0 Å². The van der Waals surface area contributed by atoms with Gasteiger partial charge in [-0.3, -0.25) is 0 Å². The largest absolute Gasteiger partial charge is 0.245 e. The molecule has 112 valence electrons. The summed E-state index contributed by atoms with van der Waals surface area (Å²) in [6.07, 6.45) is 2.53. The van der Waals surface area contributed by atoms with Crippen LogP contribution in [0.5, 0.6) is 0 Å². The summed E-state index contributed by atoms with van der Waals surface area (Å²) in [5.41, 5.74) is 0.521. The lowest BCUT2D eigenvalue weighted by atomic mass is 10.2. The molecule has 1 unspecified atom stereocenters. The number of sulfone groups is 2. The summed E-state index contributed by atoms with van der Waals surface area (Å²) < 4.78 is 47.7.